The topological polar surface area (TPSA) is 41.9 Å². The van der Waals surface area contributed by atoms with Crippen LogP contribution in [0, 0.1) is 20.8 Å². The lowest BCUT2D eigenvalue weighted by Crippen LogP contribution is -2.20. The Morgan fingerprint density at radius 2 is 1.73 bits per heavy atom. The molecule has 0 bridgehead atoms. The van der Waals surface area contributed by atoms with Gasteiger partial charge in [-0.3, -0.25) is 4.68 Å². The summed E-state index contributed by atoms with van der Waals surface area (Å²) in [4.78, 5) is 0. The van der Waals surface area contributed by atoms with Crippen molar-refractivity contribution in [2.75, 3.05) is 10.6 Å². The van der Waals surface area contributed by atoms with Crippen molar-refractivity contribution in [3.63, 3.8) is 0 Å². The Bertz CT molecular complexity index is 931. The van der Waals surface area contributed by atoms with Gasteiger partial charge in [-0.15, -0.1) is 0 Å². The highest BCUT2D eigenvalue weighted by Crippen LogP contribution is 2.23. The number of halogens is 1. The fourth-order valence-electron chi connectivity index (χ4n) is 2.73. The van der Waals surface area contributed by atoms with Crippen molar-refractivity contribution in [3.8, 4) is 0 Å². The second-order valence-electron chi connectivity index (χ2n) is 6.25. The van der Waals surface area contributed by atoms with E-state index in [0.717, 1.165) is 29.3 Å². The Morgan fingerprint density at radius 1 is 1.04 bits per heavy atom. The molecule has 0 aliphatic rings. The van der Waals surface area contributed by atoms with Crippen molar-refractivity contribution in [1.82, 2.24) is 9.78 Å². The first-order valence-electron chi connectivity index (χ1n) is 8.36. The first kappa shape index (κ1) is 18.4. The first-order valence-corrected chi connectivity index (χ1v) is 9.15. The van der Waals surface area contributed by atoms with E-state index in [4.69, 9.17) is 23.8 Å². The maximum Gasteiger partial charge on any atom is 0.175 e. The summed E-state index contributed by atoms with van der Waals surface area (Å²) in [7, 11) is 0. The predicted molar refractivity (Wildman–Crippen MR) is 113 cm³/mol. The standard InChI is InChI=1S/C20H21ClN4S/c1-13-8-10-16(11-9-13)12-25-15(3)19(14(2)24-25)23-20(26)22-18-7-5-4-6-17(18)21/h4-11H,12H2,1-3H3,(H2,22,23,26). The Balaban J connectivity index is 1.74. The number of aryl methyl sites for hydroxylation is 2. The maximum atomic E-state index is 6.17. The Labute approximate surface area is 164 Å². The lowest BCUT2D eigenvalue weighted by atomic mass is 10.1. The number of nitrogens with zero attached hydrogens (tertiary/aromatic N) is 2. The van der Waals surface area contributed by atoms with Crippen LogP contribution in [-0.4, -0.2) is 14.9 Å². The normalized spacial score (nSPS) is 10.6. The fraction of sp³-hybridized carbons (Fsp3) is 0.200. The number of benzene rings is 2. The van der Waals surface area contributed by atoms with Gasteiger partial charge in [-0.1, -0.05) is 53.6 Å². The molecule has 2 aromatic carbocycles. The minimum atomic E-state index is 0.485. The van der Waals surface area contributed by atoms with Gasteiger partial charge >= 0.3 is 0 Å². The average molecular weight is 385 g/mol. The molecule has 4 nitrogen and oxygen atoms in total. The van der Waals surface area contributed by atoms with Crippen molar-refractivity contribution in [3.05, 3.63) is 76.1 Å². The highest BCUT2D eigenvalue weighted by molar-refractivity contribution is 7.80. The summed E-state index contributed by atoms with van der Waals surface area (Å²) in [6.45, 7) is 6.81. The van der Waals surface area contributed by atoms with Crippen molar-refractivity contribution in [2.24, 2.45) is 0 Å². The van der Waals surface area contributed by atoms with Crippen LogP contribution in [0.15, 0.2) is 48.5 Å². The number of para-hydroxylation sites is 1. The summed E-state index contributed by atoms with van der Waals surface area (Å²) in [5.41, 5.74) is 6.09. The minimum Gasteiger partial charge on any atom is -0.331 e. The molecule has 3 aromatic rings. The highest BCUT2D eigenvalue weighted by atomic mass is 35.5. The summed E-state index contributed by atoms with van der Waals surface area (Å²) in [5, 5.41) is 12.1. The molecule has 26 heavy (non-hydrogen) atoms. The van der Waals surface area contributed by atoms with E-state index in [9.17, 15) is 0 Å². The Morgan fingerprint density at radius 3 is 2.42 bits per heavy atom. The lowest BCUT2D eigenvalue weighted by molar-refractivity contribution is 0.659. The second kappa shape index (κ2) is 7.89. The number of anilines is 2. The van der Waals surface area contributed by atoms with Crippen molar-refractivity contribution in [2.45, 2.75) is 27.3 Å². The molecule has 2 N–H and O–H groups in total. The van der Waals surface area contributed by atoms with Crippen LogP contribution in [0.25, 0.3) is 0 Å². The Kier molecular flexibility index (Phi) is 5.59. The van der Waals surface area contributed by atoms with Crippen molar-refractivity contribution in [1.29, 1.82) is 0 Å². The third-order valence-electron chi connectivity index (χ3n) is 4.20. The number of hydrogen-bond donors (Lipinski definition) is 2. The molecule has 1 aromatic heterocycles. The molecule has 0 aliphatic carbocycles. The predicted octanol–water partition coefficient (Wildman–Crippen LogP) is 5.32. The summed E-state index contributed by atoms with van der Waals surface area (Å²) in [6.07, 6.45) is 0. The van der Waals surface area contributed by atoms with Gasteiger partial charge in [0.05, 0.1) is 34.3 Å². The average Bonchev–Trinajstić information content (AvgIpc) is 2.86. The van der Waals surface area contributed by atoms with Gasteiger partial charge in [-0.25, -0.2) is 0 Å². The van der Waals surface area contributed by atoms with Gasteiger partial charge in [0.25, 0.3) is 0 Å². The van der Waals surface area contributed by atoms with E-state index < -0.39 is 0 Å². The van der Waals surface area contributed by atoms with Crippen LogP contribution in [-0.2, 0) is 6.54 Å². The van der Waals surface area contributed by atoms with E-state index in [1.807, 2.05) is 42.8 Å². The van der Waals surface area contributed by atoms with Crippen LogP contribution in [0.1, 0.15) is 22.5 Å². The van der Waals surface area contributed by atoms with Gasteiger partial charge in [0.1, 0.15) is 0 Å². The minimum absolute atomic E-state index is 0.485. The van der Waals surface area contributed by atoms with Crippen LogP contribution in [0.3, 0.4) is 0 Å². The molecule has 0 amide bonds. The number of thiocarbonyl (C=S) groups is 1. The van der Waals surface area contributed by atoms with Gasteiger partial charge in [0.2, 0.25) is 0 Å². The van der Waals surface area contributed by atoms with Crippen LogP contribution in [0.2, 0.25) is 5.02 Å². The fourth-order valence-corrected chi connectivity index (χ4v) is 3.12. The van der Waals surface area contributed by atoms with Gasteiger partial charge in [-0.2, -0.15) is 5.10 Å². The van der Waals surface area contributed by atoms with Crippen molar-refractivity contribution >= 4 is 40.3 Å². The number of aromatic nitrogens is 2. The molecule has 0 saturated carbocycles. The second-order valence-corrected chi connectivity index (χ2v) is 7.06. The van der Waals surface area contributed by atoms with Crippen LogP contribution in [0.5, 0.6) is 0 Å². The molecule has 0 unspecified atom stereocenters. The zero-order valence-corrected chi connectivity index (χ0v) is 16.6. The number of hydrogen-bond acceptors (Lipinski definition) is 2. The van der Waals surface area contributed by atoms with Gasteiger partial charge in [-0.05, 0) is 50.7 Å². The zero-order valence-electron chi connectivity index (χ0n) is 15.0. The molecule has 0 atom stereocenters. The van der Waals surface area contributed by atoms with Gasteiger partial charge in [0, 0.05) is 0 Å². The van der Waals surface area contributed by atoms with Crippen LogP contribution in [0.4, 0.5) is 11.4 Å². The smallest absolute Gasteiger partial charge is 0.175 e. The molecule has 0 aliphatic heterocycles. The first-order chi connectivity index (χ1) is 12.4. The summed E-state index contributed by atoms with van der Waals surface area (Å²) >= 11 is 11.6. The highest BCUT2D eigenvalue weighted by Gasteiger charge is 2.13. The third kappa shape index (κ3) is 4.23. The van der Waals surface area contributed by atoms with E-state index in [-0.39, 0.29) is 0 Å². The molecule has 0 fully saturated rings. The molecular formula is C20H21ClN4S. The third-order valence-corrected chi connectivity index (χ3v) is 4.73. The van der Waals surface area contributed by atoms with Crippen molar-refractivity contribution < 1.29 is 0 Å². The molecule has 0 spiro atoms. The molecule has 0 saturated heterocycles. The van der Waals surface area contributed by atoms with Crippen LogP contribution >= 0.6 is 23.8 Å². The van der Waals surface area contributed by atoms with E-state index in [1.54, 1.807) is 0 Å². The lowest BCUT2D eigenvalue weighted by Gasteiger charge is -2.12. The summed E-state index contributed by atoms with van der Waals surface area (Å²) in [6, 6.07) is 16.0. The number of rotatable bonds is 4. The molecule has 0 radical (unpaired) electrons. The van der Waals surface area contributed by atoms with E-state index in [1.165, 1.54) is 11.1 Å². The monoisotopic (exact) mass is 384 g/mol. The largest absolute Gasteiger partial charge is 0.331 e. The molecule has 6 heteroatoms. The quantitative estimate of drug-likeness (QED) is 0.597. The molecular weight excluding hydrogens is 364 g/mol. The SMILES string of the molecule is Cc1ccc(Cn2nc(C)c(NC(=S)Nc3ccccc3Cl)c2C)cc1. The van der Waals surface area contributed by atoms with E-state index in [2.05, 4.69) is 46.9 Å². The molecule has 1 heterocycles. The molecule has 134 valence electrons. The van der Waals surface area contributed by atoms with Gasteiger partial charge in [0.15, 0.2) is 5.11 Å². The molecule has 3 rings (SSSR count). The zero-order chi connectivity index (χ0) is 18.7. The summed E-state index contributed by atoms with van der Waals surface area (Å²) < 4.78 is 1.99. The maximum absolute atomic E-state index is 6.17. The van der Waals surface area contributed by atoms with Crippen LogP contribution < -0.4 is 10.6 Å². The van der Waals surface area contributed by atoms with E-state index >= 15 is 0 Å². The number of nitrogens with one attached hydrogen (secondary N) is 2. The van der Waals surface area contributed by atoms with Gasteiger partial charge < -0.3 is 10.6 Å². The Hall–Kier alpha value is -2.37. The van der Waals surface area contributed by atoms with E-state index in [0.29, 0.717) is 10.1 Å². The summed E-state index contributed by atoms with van der Waals surface area (Å²) in [5.74, 6) is 0.